The molecule has 0 aliphatic rings. The quantitative estimate of drug-likeness (QED) is 0.00954. The third kappa shape index (κ3) is 57.8. The molecule has 0 bridgehead atoms. The molecular weight excluding hydrogens is 1340 g/mol. The number of carboxylic acid groups (broad SMARTS) is 17. The predicted molar refractivity (Wildman–Crippen MR) is 240 cm³/mol. The van der Waals surface area contributed by atoms with Crippen molar-refractivity contribution in [2.45, 2.75) is 117 Å². The van der Waals surface area contributed by atoms with Crippen LogP contribution in [0.1, 0.15) is 83.5 Å². The zero-order chi connectivity index (χ0) is 66.7. The number of carbonyl (C=O) groups is 18. The maximum absolute atomic E-state index is 11.2. The number of ether oxygens (including phenoxy) is 1. The monoisotopic (exact) mass is 1390 g/mol. The number of hydrogen-bond donors (Lipinski definition) is 16. The van der Waals surface area contributed by atoms with E-state index in [0.29, 0.717) is 0 Å². The molecule has 472 valence electrons. The van der Waals surface area contributed by atoms with E-state index in [9.17, 15) is 122 Å². The molecule has 43 nitrogen and oxygen atoms in total. The smallest absolute Gasteiger partial charge is 0.550 e. The largest absolute Gasteiger partial charge is 2.00 e. The van der Waals surface area contributed by atoms with Crippen LogP contribution in [0.4, 0.5) is 0 Å². The molecular formula is C40H48Ca2Na4O43+2. The van der Waals surface area contributed by atoms with E-state index in [4.69, 9.17) is 81.7 Å². The molecule has 0 aromatic carbocycles. The number of carbonyl (C=O) groups excluding carboxylic acids is 8. The van der Waals surface area contributed by atoms with Gasteiger partial charge in [0.15, 0.2) is 16.8 Å². The van der Waals surface area contributed by atoms with Crippen LogP contribution in [-0.2, 0) is 101 Å². The van der Waals surface area contributed by atoms with Crippen molar-refractivity contribution < 1.29 is 332 Å². The van der Waals surface area contributed by atoms with Crippen molar-refractivity contribution in [3.05, 3.63) is 12.7 Å². The molecule has 0 fully saturated rings. The van der Waals surface area contributed by atoms with Gasteiger partial charge in [-0.1, -0.05) is 6.08 Å². The molecule has 0 radical (unpaired) electrons. The molecule has 0 aliphatic carbocycles. The van der Waals surface area contributed by atoms with E-state index in [-0.39, 0.29) is 206 Å². The molecule has 0 saturated carbocycles. The average molecular weight is 1390 g/mol. The Balaban J connectivity index is -0.0000000700. The van der Waals surface area contributed by atoms with E-state index in [1.54, 1.807) is 0 Å². The fourth-order valence-corrected chi connectivity index (χ4v) is 4.58. The van der Waals surface area contributed by atoms with Gasteiger partial charge >= 0.3 is 265 Å². The zero-order valence-electron chi connectivity index (χ0n) is 46.7. The summed E-state index contributed by atoms with van der Waals surface area (Å²) in [5.41, 5.74) is -16.6. The van der Waals surface area contributed by atoms with Gasteiger partial charge in [0.25, 0.3) is 0 Å². The average Bonchev–Trinajstić information content (AvgIpc) is 3.21. The Morgan fingerprint density at radius 3 is 0.730 bits per heavy atom. The summed E-state index contributed by atoms with van der Waals surface area (Å²) < 4.78 is 4.49. The molecule has 19 N–H and O–H groups in total. The summed E-state index contributed by atoms with van der Waals surface area (Å²) in [6.07, 6.45) is -12.3. The van der Waals surface area contributed by atoms with Gasteiger partial charge in [0.2, 0.25) is 5.60 Å². The van der Waals surface area contributed by atoms with Gasteiger partial charge in [0, 0.05) is 49.6 Å². The molecule has 0 aromatic rings. The van der Waals surface area contributed by atoms with Crippen LogP contribution in [0, 0.1) is 0 Å². The van der Waals surface area contributed by atoms with Crippen molar-refractivity contribution >= 4 is 189 Å². The number of esters is 1. The van der Waals surface area contributed by atoms with Gasteiger partial charge in [-0.15, -0.1) is 13.0 Å². The van der Waals surface area contributed by atoms with Crippen LogP contribution in [0.2, 0.25) is 0 Å². The Morgan fingerprint density at radius 2 is 0.562 bits per heavy atom. The van der Waals surface area contributed by atoms with Crippen LogP contribution in [0.25, 0.3) is 0 Å². The molecule has 0 amide bonds. The van der Waals surface area contributed by atoms with Gasteiger partial charge in [-0.25, -0.2) is 19.2 Å². The summed E-state index contributed by atoms with van der Waals surface area (Å²) in [7, 11) is 0. The molecule has 0 rings (SSSR count). The second kappa shape index (κ2) is 55.8. The van der Waals surface area contributed by atoms with E-state index >= 15 is 0 Å². The van der Waals surface area contributed by atoms with E-state index in [1.807, 2.05) is 0 Å². The van der Waals surface area contributed by atoms with Crippen LogP contribution in [0.5, 0.6) is 0 Å². The molecule has 0 spiro atoms. The molecule has 4 atom stereocenters. The van der Waals surface area contributed by atoms with Gasteiger partial charge in [-0.05, 0) is 0 Å². The Morgan fingerprint density at radius 1 is 0.360 bits per heavy atom. The minimum Gasteiger partial charge on any atom is -0.550 e. The van der Waals surface area contributed by atoms with E-state index < -0.39 is 218 Å². The van der Waals surface area contributed by atoms with Gasteiger partial charge in [0.05, 0.1) is 68.9 Å². The molecule has 0 aliphatic heterocycles. The van der Waals surface area contributed by atoms with Gasteiger partial charge < -0.3 is 156 Å². The zero-order valence-corrected chi connectivity index (χ0v) is 59.2. The molecule has 0 heterocycles. The Hall–Kier alpha value is -3.85. The second-order valence-corrected chi connectivity index (χ2v) is 15.4. The van der Waals surface area contributed by atoms with Gasteiger partial charge in [0.1, 0.15) is 5.60 Å². The summed E-state index contributed by atoms with van der Waals surface area (Å²) in [5.74, 6) is -31.2. The summed E-state index contributed by atoms with van der Waals surface area (Å²) >= 11 is 0. The SMILES string of the molecule is C=CCC(=O)OC(CC(=O)O)(CC(=O)O)C(=O)O.O=C(O)CC(O)(CC(=O)O)C(=O)O.O=C([O-])CC(O)(CC(=O)O)C(=O)O.O=C([O-])CC(O)(CC(=O)O)C(=O)O.O=C([O-])CC(O)(CC(=O)O)C(=O)[O-].O=[C-]CC(O)(CC(=O)[O-])C(=O)[O-].[Ca+2].[Ca+2].[Na+].[Na+].[Na+].[Na+].[OH3+]. The number of aliphatic carboxylic acids is 17. The Bertz CT molecular complexity index is 2160. The number of aliphatic hydroxyl groups is 5. The Labute approximate surface area is 642 Å². The van der Waals surface area contributed by atoms with Crippen LogP contribution >= 0.6 is 0 Å². The normalized spacial score (nSPS) is 12.1. The van der Waals surface area contributed by atoms with Gasteiger partial charge in [-0.2, -0.15) is 0 Å². The third-order valence-electron chi connectivity index (χ3n) is 8.17. The van der Waals surface area contributed by atoms with Crippen molar-refractivity contribution in [1.82, 2.24) is 0 Å². The Kier molecular flexibility index (Phi) is 72.6. The van der Waals surface area contributed by atoms with Crippen LogP contribution in [0.15, 0.2) is 12.7 Å². The van der Waals surface area contributed by atoms with Crippen LogP contribution < -0.4 is 149 Å². The standard InChI is InChI=1S/C10H12O8.4C6H8O7.C6H7O6.2Ca.4Na.H2O/c1-2-3-8(15)18-10(9(16)17,4-6(11)12)5-7(13)14;4*7-3(8)1-6(13,5(11)12)2-4(9)10;7-2-1-6(12,5(10)11)3-4(8)9;;;;;;;/h2H,1,3-5H2,(H,11,12)(H,13,14)(H,16,17);4*13H,1-2H2,(H,7,8)(H,9,10)(H,11,12);12H,1,3H2,(H,8,9)(H,10,11);;;;;;;1H2/q;;;;;-1;2*+2;4*+1;/p-5. The van der Waals surface area contributed by atoms with Crippen molar-refractivity contribution in [3.63, 3.8) is 0 Å². The molecule has 4 unspecified atom stereocenters. The summed E-state index contributed by atoms with van der Waals surface area (Å²) in [4.78, 5) is 194. The van der Waals surface area contributed by atoms with E-state index in [2.05, 4.69) is 11.3 Å². The molecule has 0 saturated heterocycles. The molecule has 89 heavy (non-hydrogen) atoms. The van der Waals surface area contributed by atoms with Crippen LogP contribution in [0.3, 0.4) is 0 Å². The van der Waals surface area contributed by atoms with Crippen molar-refractivity contribution in [2.75, 3.05) is 0 Å². The van der Waals surface area contributed by atoms with E-state index in [1.165, 1.54) is 0 Å². The molecule has 49 heteroatoms. The topological polar surface area (TPSA) is 829 Å². The van der Waals surface area contributed by atoms with Gasteiger partial charge in [-0.3, -0.25) is 44.6 Å². The first-order valence-electron chi connectivity index (χ1n) is 20.2. The second-order valence-electron chi connectivity index (χ2n) is 15.4. The van der Waals surface area contributed by atoms with Crippen molar-refractivity contribution in [2.24, 2.45) is 0 Å². The first-order chi connectivity index (χ1) is 36.8. The maximum atomic E-state index is 11.2. The number of carboxylic acids is 17. The number of rotatable bonds is 33. The van der Waals surface area contributed by atoms with E-state index in [0.717, 1.165) is 12.4 Å². The minimum atomic E-state index is -2.91. The summed E-state index contributed by atoms with van der Waals surface area (Å²) in [6, 6.07) is 0. The van der Waals surface area contributed by atoms with Crippen molar-refractivity contribution in [3.8, 4) is 0 Å². The predicted octanol–water partition coefficient (Wildman–Crippen LogP) is -28.0. The summed E-state index contributed by atoms with van der Waals surface area (Å²) in [5, 5.41) is 197. The first-order valence-corrected chi connectivity index (χ1v) is 20.2. The fourth-order valence-electron chi connectivity index (χ4n) is 4.58. The van der Waals surface area contributed by atoms with Crippen molar-refractivity contribution in [1.29, 1.82) is 0 Å². The first kappa shape index (κ1) is 116. The maximum Gasteiger partial charge on any atom is 2.00 e. The summed E-state index contributed by atoms with van der Waals surface area (Å²) in [6.45, 7) is 3.22. The minimum absolute atomic E-state index is 0. The number of hydrogen-bond acceptors (Lipinski definition) is 31. The third-order valence-corrected chi connectivity index (χ3v) is 8.17. The van der Waals surface area contributed by atoms with Crippen LogP contribution in [-0.4, -0.2) is 305 Å². The molecule has 0 aromatic heterocycles. The fraction of sp³-hybridized carbons (Fsp3) is 0.475.